The summed E-state index contributed by atoms with van der Waals surface area (Å²) >= 11 is 0. The van der Waals surface area contributed by atoms with E-state index in [-0.39, 0.29) is 0 Å². The van der Waals surface area contributed by atoms with Crippen LogP contribution < -0.4 is 0 Å². The first-order chi connectivity index (χ1) is 2.89. The number of hydrogen-bond donors (Lipinski definition) is 1. The van der Waals surface area contributed by atoms with Gasteiger partial charge >= 0.3 is 0 Å². The molecule has 0 saturated carbocycles. The van der Waals surface area contributed by atoms with E-state index in [0.29, 0.717) is 0 Å². The van der Waals surface area contributed by atoms with Crippen molar-refractivity contribution in [2.24, 2.45) is 0 Å². The second-order valence-corrected chi connectivity index (χ2v) is 1.13. The highest BCUT2D eigenvalue weighted by atomic mass is 14.7. The van der Waals surface area contributed by atoms with Crippen LogP contribution in [0.2, 0.25) is 0 Å². The third-order valence-corrected chi connectivity index (χ3v) is 0.622. The molecule has 1 heteroatoms. The first-order valence-electron chi connectivity index (χ1n) is 1.78. The molecule has 1 aromatic heterocycles. The zero-order valence-electron chi connectivity index (χ0n) is 3.31. The molecule has 0 saturated heterocycles. The molecule has 30 valence electrons. The minimum absolute atomic E-state index is 0.718. The molecule has 0 amide bonds. The Morgan fingerprint density at radius 3 is 2.67 bits per heavy atom. The molecule has 0 aliphatic carbocycles. The topological polar surface area (TPSA) is 15.8 Å². The van der Waals surface area contributed by atoms with Gasteiger partial charge in [0.05, 0.1) is 0 Å². The largest absolute Gasteiger partial charge is 0.365 e. The van der Waals surface area contributed by atoms with Gasteiger partial charge in [-0.05, 0) is 12.1 Å². The highest BCUT2D eigenvalue weighted by Crippen LogP contribution is 1.86. The summed E-state index contributed by atoms with van der Waals surface area (Å²) in [5, 5.41) is 0. The SMILES string of the molecule is [CH]c1ccc[nH]1. The number of H-pyrrole nitrogens is 1. The Morgan fingerprint density at radius 2 is 2.50 bits per heavy atom. The highest BCUT2D eigenvalue weighted by Gasteiger charge is 1.73. The third kappa shape index (κ3) is 0.432. The van der Waals surface area contributed by atoms with E-state index in [0.717, 1.165) is 5.69 Å². The molecule has 1 nitrogen and oxygen atoms in total. The molecule has 1 N–H and O–H groups in total. The Labute approximate surface area is 37.0 Å². The van der Waals surface area contributed by atoms with E-state index in [1.165, 1.54) is 0 Å². The zero-order valence-corrected chi connectivity index (χ0v) is 3.31. The van der Waals surface area contributed by atoms with Crippen molar-refractivity contribution < 1.29 is 0 Å². The second-order valence-electron chi connectivity index (χ2n) is 1.13. The Balaban J connectivity index is 3.05. The lowest BCUT2D eigenvalue weighted by molar-refractivity contribution is 1.35. The molecule has 2 radical (unpaired) electrons. The summed E-state index contributed by atoms with van der Waals surface area (Å²) in [4.78, 5) is 2.78. The van der Waals surface area contributed by atoms with E-state index < -0.39 is 0 Å². The predicted molar refractivity (Wildman–Crippen MR) is 24.2 cm³/mol. The predicted octanol–water partition coefficient (Wildman–Crippen LogP) is 1.07. The van der Waals surface area contributed by atoms with Crippen LogP contribution in [-0.4, -0.2) is 4.98 Å². The van der Waals surface area contributed by atoms with Crippen molar-refractivity contribution in [2.45, 2.75) is 0 Å². The van der Waals surface area contributed by atoms with Crippen molar-refractivity contribution in [3.8, 4) is 0 Å². The maximum atomic E-state index is 5.22. The second kappa shape index (κ2) is 1.17. The fourth-order valence-electron chi connectivity index (χ4n) is 0.344. The monoisotopic (exact) mass is 79.0 g/mol. The lowest BCUT2D eigenvalue weighted by Crippen LogP contribution is -1.59. The van der Waals surface area contributed by atoms with E-state index in [1.807, 2.05) is 6.07 Å². The molecule has 1 heterocycles. The van der Waals surface area contributed by atoms with Gasteiger partial charge in [0, 0.05) is 18.8 Å². The molecule has 0 aromatic carbocycles. The van der Waals surface area contributed by atoms with Crippen molar-refractivity contribution in [1.82, 2.24) is 4.98 Å². The van der Waals surface area contributed by atoms with Crippen LogP contribution in [0.3, 0.4) is 0 Å². The van der Waals surface area contributed by atoms with Crippen LogP contribution in [-0.2, 0) is 0 Å². The van der Waals surface area contributed by atoms with Crippen LogP contribution in [0.25, 0.3) is 0 Å². The van der Waals surface area contributed by atoms with Gasteiger partial charge in [-0.3, -0.25) is 0 Å². The molecule has 0 aliphatic rings. The standard InChI is InChI=1S/C5H5N/c1-5-3-2-4-6-5/h1-4,6H. The minimum Gasteiger partial charge on any atom is -0.365 e. The third-order valence-electron chi connectivity index (χ3n) is 0.622. The Hall–Kier alpha value is -0.720. The molecular formula is C5H5N. The maximum absolute atomic E-state index is 5.22. The Morgan fingerprint density at radius 1 is 1.67 bits per heavy atom. The van der Waals surface area contributed by atoms with Crippen molar-refractivity contribution in [2.75, 3.05) is 0 Å². The summed E-state index contributed by atoms with van der Waals surface area (Å²) < 4.78 is 0. The van der Waals surface area contributed by atoms with Gasteiger partial charge in [0.1, 0.15) is 0 Å². The van der Waals surface area contributed by atoms with Crippen molar-refractivity contribution in [3.63, 3.8) is 0 Å². The molecule has 0 unspecified atom stereocenters. The van der Waals surface area contributed by atoms with E-state index in [2.05, 4.69) is 4.98 Å². The van der Waals surface area contributed by atoms with Crippen molar-refractivity contribution in [3.05, 3.63) is 30.9 Å². The van der Waals surface area contributed by atoms with Crippen LogP contribution in [0.5, 0.6) is 0 Å². The first-order valence-corrected chi connectivity index (χ1v) is 1.78. The van der Waals surface area contributed by atoms with E-state index in [9.17, 15) is 0 Å². The van der Waals surface area contributed by atoms with Gasteiger partial charge in [0.25, 0.3) is 0 Å². The van der Waals surface area contributed by atoms with Crippen LogP contribution in [0, 0.1) is 6.92 Å². The molecule has 0 atom stereocenters. The van der Waals surface area contributed by atoms with Gasteiger partial charge in [0.15, 0.2) is 0 Å². The summed E-state index contributed by atoms with van der Waals surface area (Å²) in [6.45, 7) is 5.22. The zero-order chi connectivity index (χ0) is 4.41. The smallest absolute Gasteiger partial charge is 0.0192 e. The van der Waals surface area contributed by atoms with Crippen molar-refractivity contribution >= 4 is 0 Å². The Bertz CT molecular complexity index is 107. The molecule has 0 aliphatic heterocycles. The number of rotatable bonds is 0. The normalized spacial score (nSPS) is 8.83. The number of nitrogens with one attached hydrogen (secondary N) is 1. The highest BCUT2D eigenvalue weighted by molar-refractivity contribution is 5.05. The maximum Gasteiger partial charge on any atom is 0.0192 e. The Kier molecular flexibility index (Phi) is 0.675. The quantitative estimate of drug-likeness (QED) is 0.479. The van der Waals surface area contributed by atoms with Crippen LogP contribution in [0.4, 0.5) is 0 Å². The van der Waals surface area contributed by atoms with Gasteiger partial charge in [-0.25, -0.2) is 0 Å². The van der Waals surface area contributed by atoms with E-state index in [4.69, 9.17) is 6.92 Å². The van der Waals surface area contributed by atoms with E-state index >= 15 is 0 Å². The number of aromatic amines is 1. The van der Waals surface area contributed by atoms with E-state index in [1.54, 1.807) is 12.3 Å². The van der Waals surface area contributed by atoms with Crippen LogP contribution >= 0.6 is 0 Å². The molecule has 6 heavy (non-hydrogen) atoms. The average molecular weight is 79.1 g/mol. The number of aromatic nitrogens is 1. The fraction of sp³-hybridized carbons (Fsp3) is 0. The van der Waals surface area contributed by atoms with Crippen molar-refractivity contribution in [1.29, 1.82) is 0 Å². The lowest BCUT2D eigenvalue weighted by atomic mass is 10.5. The summed E-state index contributed by atoms with van der Waals surface area (Å²) in [7, 11) is 0. The summed E-state index contributed by atoms with van der Waals surface area (Å²) in [5.41, 5.74) is 0.718. The van der Waals surface area contributed by atoms with Gasteiger partial charge < -0.3 is 4.98 Å². The van der Waals surface area contributed by atoms with Gasteiger partial charge in [-0.15, -0.1) is 0 Å². The van der Waals surface area contributed by atoms with Crippen LogP contribution in [0.15, 0.2) is 18.3 Å². The first kappa shape index (κ1) is 3.47. The average Bonchev–Trinajstić information content (AvgIpc) is 1.86. The fourth-order valence-corrected chi connectivity index (χ4v) is 0.344. The van der Waals surface area contributed by atoms with Gasteiger partial charge in [-0.2, -0.15) is 0 Å². The summed E-state index contributed by atoms with van der Waals surface area (Å²) in [6.07, 6.45) is 1.79. The molecular weight excluding hydrogens is 74.1 g/mol. The van der Waals surface area contributed by atoms with Crippen LogP contribution in [0.1, 0.15) is 5.69 Å². The molecule has 0 bridgehead atoms. The summed E-state index contributed by atoms with van der Waals surface area (Å²) in [5.74, 6) is 0. The van der Waals surface area contributed by atoms with Gasteiger partial charge in [-0.1, -0.05) is 0 Å². The molecule has 0 spiro atoms. The minimum atomic E-state index is 0.718. The molecule has 0 fully saturated rings. The lowest BCUT2D eigenvalue weighted by Gasteiger charge is -1.69. The van der Waals surface area contributed by atoms with Gasteiger partial charge in [0.2, 0.25) is 0 Å². The summed E-state index contributed by atoms with van der Waals surface area (Å²) in [6, 6.07) is 3.66. The molecule has 1 aromatic rings. The number of hydrogen-bond acceptors (Lipinski definition) is 0. The molecule has 1 rings (SSSR count).